The van der Waals surface area contributed by atoms with E-state index in [0.29, 0.717) is 11.1 Å². The first-order valence-corrected chi connectivity index (χ1v) is 14.2. The number of benzene rings is 2. The Morgan fingerprint density at radius 2 is 1.34 bits per heavy atom. The minimum absolute atomic E-state index is 0.00275. The number of carboxylic acid groups (broad SMARTS) is 1. The zero-order chi connectivity index (χ0) is 30.7. The standard InChI is InChI=1S/C32H43NO8/c1-7-19(3)16-27(34)40-25-15-14-24(18-26(25)41-28(35)17-20(4)8-2)29(30(33)31(36)37)21(5)22(6)39-32(38)23-12-10-9-11-13-23/h9-15,18-22,29-30H,7-8,16-17,33H2,1-6H3,(H,36,37)/t19?,20?,21?,22?,29?,30-/m0/s1. The highest BCUT2D eigenvalue weighted by Gasteiger charge is 2.36. The highest BCUT2D eigenvalue weighted by Crippen LogP contribution is 2.37. The smallest absolute Gasteiger partial charge is 0.338 e. The number of aliphatic carboxylic acids is 1. The maximum atomic E-state index is 12.7. The number of esters is 3. The van der Waals surface area contributed by atoms with E-state index in [1.54, 1.807) is 50.2 Å². The molecule has 2 aromatic rings. The second-order valence-corrected chi connectivity index (χ2v) is 10.8. The van der Waals surface area contributed by atoms with Gasteiger partial charge in [0.2, 0.25) is 0 Å². The van der Waals surface area contributed by atoms with Crippen LogP contribution in [0.5, 0.6) is 11.5 Å². The van der Waals surface area contributed by atoms with E-state index in [1.165, 1.54) is 12.1 Å². The van der Waals surface area contributed by atoms with Crippen molar-refractivity contribution in [2.75, 3.05) is 0 Å². The Hall–Kier alpha value is -3.72. The largest absolute Gasteiger partial charge is 0.480 e. The molecule has 0 saturated heterocycles. The quantitative estimate of drug-likeness (QED) is 0.202. The lowest BCUT2D eigenvalue weighted by molar-refractivity contribution is -0.140. The molecular formula is C32H43NO8. The lowest BCUT2D eigenvalue weighted by Gasteiger charge is -2.32. The molecule has 5 unspecified atom stereocenters. The van der Waals surface area contributed by atoms with E-state index in [2.05, 4.69) is 0 Å². The van der Waals surface area contributed by atoms with Crippen LogP contribution < -0.4 is 15.2 Å². The summed E-state index contributed by atoms with van der Waals surface area (Å²) in [6.07, 6.45) is 1.19. The van der Waals surface area contributed by atoms with E-state index in [-0.39, 0.29) is 36.2 Å². The van der Waals surface area contributed by atoms with Gasteiger partial charge in [-0.1, -0.05) is 71.7 Å². The molecule has 0 aliphatic heterocycles. The molecule has 2 aromatic carbocycles. The third-order valence-corrected chi connectivity index (χ3v) is 7.51. The van der Waals surface area contributed by atoms with Gasteiger partial charge >= 0.3 is 23.9 Å². The van der Waals surface area contributed by atoms with E-state index >= 15 is 0 Å². The van der Waals surface area contributed by atoms with E-state index in [4.69, 9.17) is 19.9 Å². The zero-order valence-electron chi connectivity index (χ0n) is 24.8. The number of hydrogen-bond acceptors (Lipinski definition) is 8. The van der Waals surface area contributed by atoms with Crippen LogP contribution in [0, 0.1) is 17.8 Å². The van der Waals surface area contributed by atoms with Crippen molar-refractivity contribution in [1.82, 2.24) is 0 Å². The average molecular weight is 570 g/mol. The van der Waals surface area contributed by atoms with E-state index in [1.807, 2.05) is 27.7 Å². The highest BCUT2D eigenvalue weighted by molar-refractivity contribution is 5.89. The fourth-order valence-corrected chi connectivity index (χ4v) is 4.28. The number of carbonyl (C=O) groups excluding carboxylic acids is 3. The Labute approximate surface area is 242 Å². The van der Waals surface area contributed by atoms with Gasteiger partial charge in [0.25, 0.3) is 0 Å². The summed E-state index contributed by atoms with van der Waals surface area (Å²) >= 11 is 0. The fraction of sp³-hybridized carbons (Fsp3) is 0.500. The summed E-state index contributed by atoms with van der Waals surface area (Å²) in [5.41, 5.74) is 6.96. The van der Waals surface area contributed by atoms with Gasteiger partial charge in [-0.2, -0.15) is 0 Å². The predicted molar refractivity (Wildman–Crippen MR) is 155 cm³/mol. The number of nitrogens with two attached hydrogens (primary N) is 1. The Bertz CT molecular complexity index is 1180. The molecule has 9 heteroatoms. The molecular weight excluding hydrogens is 526 g/mol. The predicted octanol–water partition coefficient (Wildman–Crippen LogP) is 5.75. The van der Waals surface area contributed by atoms with Gasteiger partial charge in [0.05, 0.1) is 5.56 Å². The van der Waals surface area contributed by atoms with Gasteiger partial charge in [0.1, 0.15) is 12.1 Å². The monoisotopic (exact) mass is 569 g/mol. The Morgan fingerprint density at radius 3 is 1.85 bits per heavy atom. The molecule has 0 fully saturated rings. The van der Waals surface area contributed by atoms with E-state index < -0.39 is 47.9 Å². The summed E-state index contributed by atoms with van der Waals surface area (Å²) in [7, 11) is 0. The Balaban J connectivity index is 2.44. The first-order valence-electron chi connectivity index (χ1n) is 14.2. The molecule has 0 amide bonds. The van der Waals surface area contributed by atoms with Crippen LogP contribution in [0.1, 0.15) is 89.1 Å². The van der Waals surface area contributed by atoms with E-state index in [9.17, 15) is 24.3 Å². The number of rotatable bonds is 15. The number of ether oxygens (including phenoxy) is 3. The molecule has 0 heterocycles. The molecule has 2 rings (SSSR count). The van der Waals surface area contributed by atoms with Crippen LogP contribution in [0.15, 0.2) is 48.5 Å². The Morgan fingerprint density at radius 1 is 0.805 bits per heavy atom. The first kappa shape index (κ1) is 33.5. The Kier molecular flexibility index (Phi) is 13.0. The van der Waals surface area contributed by atoms with Crippen molar-refractivity contribution >= 4 is 23.9 Å². The lowest BCUT2D eigenvalue weighted by atomic mass is 9.79. The maximum Gasteiger partial charge on any atom is 0.338 e. The normalized spacial score (nSPS) is 15.5. The van der Waals surface area contributed by atoms with Crippen molar-refractivity contribution in [3.8, 4) is 11.5 Å². The molecule has 224 valence electrons. The van der Waals surface area contributed by atoms with E-state index in [0.717, 1.165) is 12.8 Å². The molecule has 3 N–H and O–H groups in total. The molecule has 0 aliphatic rings. The molecule has 0 bridgehead atoms. The van der Waals surface area contributed by atoms with Crippen molar-refractivity contribution in [3.63, 3.8) is 0 Å². The van der Waals surface area contributed by atoms with Crippen molar-refractivity contribution in [2.24, 2.45) is 23.5 Å². The van der Waals surface area contributed by atoms with Gasteiger partial charge in [-0.3, -0.25) is 14.4 Å². The second-order valence-electron chi connectivity index (χ2n) is 10.8. The van der Waals surface area contributed by atoms with Crippen LogP contribution in [-0.4, -0.2) is 41.1 Å². The summed E-state index contributed by atoms with van der Waals surface area (Å²) in [5, 5.41) is 9.84. The molecule has 9 nitrogen and oxygen atoms in total. The van der Waals surface area contributed by atoms with Crippen molar-refractivity contribution in [2.45, 2.75) is 85.3 Å². The van der Waals surface area contributed by atoms with Gasteiger partial charge in [-0.25, -0.2) is 4.79 Å². The molecule has 0 radical (unpaired) electrons. The highest BCUT2D eigenvalue weighted by atomic mass is 16.6. The minimum Gasteiger partial charge on any atom is -0.480 e. The maximum absolute atomic E-state index is 12.7. The fourth-order valence-electron chi connectivity index (χ4n) is 4.28. The van der Waals surface area contributed by atoms with Crippen molar-refractivity contribution < 1.29 is 38.5 Å². The molecule has 6 atom stereocenters. The summed E-state index contributed by atoms with van der Waals surface area (Å²) < 4.78 is 16.9. The van der Waals surface area contributed by atoms with Gasteiger partial charge in [0.15, 0.2) is 11.5 Å². The van der Waals surface area contributed by atoms with Gasteiger partial charge in [-0.05, 0) is 48.6 Å². The zero-order valence-corrected chi connectivity index (χ0v) is 24.8. The summed E-state index contributed by atoms with van der Waals surface area (Å²) in [4.78, 5) is 50.0. The van der Waals surface area contributed by atoms with Gasteiger partial charge in [-0.15, -0.1) is 0 Å². The summed E-state index contributed by atoms with van der Waals surface area (Å²) in [6, 6.07) is 11.6. The van der Waals surface area contributed by atoms with Crippen LogP contribution >= 0.6 is 0 Å². The molecule has 0 aliphatic carbocycles. The summed E-state index contributed by atoms with van der Waals surface area (Å²) in [5.74, 6) is -3.94. The average Bonchev–Trinajstić information content (AvgIpc) is 2.94. The summed E-state index contributed by atoms with van der Waals surface area (Å²) in [6.45, 7) is 11.2. The number of carboxylic acids is 1. The third-order valence-electron chi connectivity index (χ3n) is 7.51. The molecule has 0 aromatic heterocycles. The van der Waals surface area contributed by atoms with Crippen LogP contribution in [0.3, 0.4) is 0 Å². The molecule has 0 spiro atoms. The minimum atomic E-state index is -1.37. The molecule has 41 heavy (non-hydrogen) atoms. The van der Waals surface area contributed by atoms with Crippen LogP contribution in [-0.2, 0) is 19.1 Å². The van der Waals surface area contributed by atoms with Crippen LogP contribution in [0.2, 0.25) is 0 Å². The second kappa shape index (κ2) is 15.9. The van der Waals surface area contributed by atoms with Gasteiger partial charge in [0, 0.05) is 24.7 Å². The topological polar surface area (TPSA) is 142 Å². The number of hydrogen-bond donors (Lipinski definition) is 2. The SMILES string of the molecule is CCC(C)CC(=O)Oc1ccc(C(C(C)C(C)OC(=O)c2ccccc2)[C@H](N)C(=O)O)cc1OC(=O)CC(C)CC. The third kappa shape index (κ3) is 10.0. The van der Waals surface area contributed by atoms with Crippen LogP contribution in [0.25, 0.3) is 0 Å². The lowest BCUT2D eigenvalue weighted by Crippen LogP contribution is -2.42. The van der Waals surface area contributed by atoms with Crippen molar-refractivity contribution in [3.05, 3.63) is 59.7 Å². The van der Waals surface area contributed by atoms with Gasteiger partial charge < -0.3 is 25.1 Å². The van der Waals surface area contributed by atoms with Crippen molar-refractivity contribution in [1.29, 1.82) is 0 Å². The number of carbonyl (C=O) groups is 4. The molecule has 0 saturated carbocycles. The van der Waals surface area contributed by atoms with Crippen LogP contribution in [0.4, 0.5) is 0 Å². The first-order chi connectivity index (χ1) is 19.4.